The highest BCUT2D eigenvalue weighted by Crippen LogP contribution is 2.33. The van der Waals surface area contributed by atoms with Gasteiger partial charge in [0.05, 0.1) is 9.90 Å². The van der Waals surface area contributed by atoms with Crippen molar-refractivity contribution in [3.63, 3.8) is 0 Å². The second-order valence-electron chi connectivity index (χ2n) is 3.10. The minimum absolute atomic E-state index is 0.0457. The molecule has 0 spiro atoms. The average Bonchev–Trinajstić information content (AvgIpc) is 2.73. The highest BCUT2D eigenvalue weighted by Gasteiger charge is 2.27. The van der Waals surface area contributed by atoms with Gasteiger partial charge in [0.2, 0.25) is 0 Å². The van der Waals surface area contributed by atoms with Crippen molar-refractivity contribution in [1.82, 2.24) is 0 Å². The van der Waals surface area contributed by atoms with Crippen LogP contribution in [0.5, 0.6) is 0 Å². The van der Waals surface area contributed by atoms with E-state index in [1.165, 1.54) is 11.3 Å². The van der Waals surface area contributed by atoms with Crippen LogP contribution in [0.1, 0.15) is 23.2 Å². The molecule has 2 nitrogen and oxygen atoms in total. The molecular weight excluding hydrogens is 243 g/mol. The molecule has 14 heavy (non-hydrogen) atoms. The Morgan fingerprint density at radius 3 is 2.86 bits per heavy atom. The lowest BCUT2D eigenvalue weighted by molar-refractivity contribution is 0.0643. The van der Waals surface area contributed by atoms with E-state index >= 15 is 0 Å². The smallest absolute Gasteiger partial charge is 0.193 e. The van der Waals surface area contributed by atoms with Crippen LogP contribution in [0.15, 0.2) is 6.07 Å². The fourth-order valence-electron chi connectivity index (χ4n) is 1.47. The van der Waals surface area contributed by atoms with Gasteiger partial charge in [-0.05, 0) is 18.9 Å². The first kappa shape index (κ1) is 10.4. The van der Waals surface area contributed by atoms with Crippen LogP contribution in [-0.2, 0) is 4.74 Å². The van der Waals surface area contributed by atoms with Crippen LogP contribution >= 0.6 is 34.5 Å². The van der Waals surface area contributed by atoms with Gasteiger partial charge in [-0.1, -0.05) is 23.2 Å². The molecule has 0 radical (unpaired) electrons. The Hall–Kier alpha value is -0.0900. The quantitative estimate of drug-likeness (QED) is 0.753. The van der Waals surface area contributed by atoms with Crippen LogP contribution in [0.25, 0.3) is 0 Å². The molecule has 1 saturated heterocycles. The predicted molar refractivity (Wildman–Crippen MR) is 57.6 cm³/mol. The highest BCUT2D eigenvalue weighted by atomic mass is 35.5. The minimum atomic E-state index is -0.321. The van der Waals surface area contributed by atoms with Gasteiger partial charge < -0.3 is 4.74 Å². The average molecular weight is 251 g/mol. The second kappa shape index (κ2) is 4.19. The molecule has 0 N–H and O–H groups in total. The molecule has 1 atom stereocenters. The zero-order valence-electron chi connectivity index (χ0n) is 7.26. The Morgan fingerprint density at radius 2 is 2.36 bits per heavy atom. The normalized spacial score (nSPS) is 21.4. The summed E-state index contributed by atoms with van der Waals surface area (Å²) in [5.41, 5.74) is 0.494. The summed E-state index contributed by atoms with van der Waals surface area (Å²) in [6.07, 6.45) is 1.40. The van der Waals surface area contributed by atoms with Crippen LogP contribution in [0.4, 0.5) is 0 Å². The molecule has 0 aromatic carbocycles. The molecule has 0 saturated carbocycles. The molecule has 76 valence electrons. The first-order valence-corrected chi connectivity index (χ1v) is 5.86. The SMILES string of the molecule is O=C(c1cc(Cl)sc1Cl)C1CCCO1. The van der Waals surface area contributed by atoms with Gasteiger partial charge in [0.15, 0.2) is 5.78 Å². The lowest BCUT2D eigenvalue weighted by Crippen LogP contribution is -2.18. The highest BCUT2D eigenvalue weighted by molar-refractivity contribution is 7.20. The summed E-state index contributed by atoms with van der Waals surface area (Å²) in [4.78, 5) is 11.8. The molecule has 1 unspecified atom stereocenters. The van der Waals surface area contributed by atoms with E-state index in [0.717, 1.165) is 12.8 Å². The third-order valence-electron chi connectivity index (χ3n) is 2.14. The number of ketones is 1. The van der Waals surface area contributed by atoms with Crippen molar-refractivity contribution in [3.8, 4) is 0 Å². The number of carbonyl (C=O) groups is 1. The maximum absolute atomic E-state index is 11.8. The third-order valence-corrected chi connectivity index (χ3v) is 3.63. The number of hydrogen-bond donors (Lipinski definition) is 0. The van der Waals surface area contributed by atoms with Gasteiger partial charge in [-0.15, -0.1) is 11.3 Å². The monoisotopic (exact) mass is 250 g/mol. The molecule has 0 amide bonds. The van der Waals surface area contributed by atoms with E-state index in [0.29, 0.717) is 20.8 Å². The summed E-state index contributed by atoms with van der Waals surface area (Å²) >= 11 is 12.8. The Balaban J connectivity index is 2.21. The van der Waals surface area contributed by atoms with E-state index < -0.39 is 0 Å². The van der Waals surface area contributed by atoms with Gasteiger partial charge in [0.1, 0.15) is 10.4 Å². The zero-order chi connectivity index (χ0) is 10.1. The molecule has 1 aromatic rings. The van der Waals surface area contributed by atoms with Crippen LogP contribution in [0, 0.1) is 0 Å². The van der Waals surface area contributed by atoms with Crippen LogP contribution in [0.2, 0.25) is 8.67 Å². The number of thiophene rings is 1. The summed E-state index contributed by atoms with van der Waals surface area (Å²) in [5, 5.41) is 0. The van der Waals surface area contributed by atoms with Crippen LogP contribution in [-0.4, -0.2) is 18.5 Å². The second-order valence-corrected chi connectivity index (χ2v) is 5.39. The zero-order valence-corrected chi connectivity index (χ0v) is 9.59. The molecule has 2 heterocycles. The lowest BCUT2D eigenvalue weighted by Gasteiger charge is -2.06. The van der Waals surface area contributed by atoms with E-state index in [9.17, 15) is 4.79 Å². The van der Waals surface area contributed by atoms with Crippen molar-refractivity contribution in [2.75, 3.05) is 6.61 Å². The van der Waals surface area contributed by atoms with Gasteiger partial charge in [0.25, 0.3) is 0 Å². The van der Waals surface area contributed by atoms with Gasteiger partial charge in [0, 0.05) is 6.61 Å². The molecule has 5 heteroatoms. The van der Waals surface area contributed by atoms with Crippen molar-refractivity contribution < 1.29 is 9.53 Å². The molecule has 1 aliphatic rings. The van der Waals surface area contributed by atoms with Crippen molar-refractivity contribution in [1.29, 1.82) is 0 Å². The minimum Gasteiger partial charge on any atom is -0.370 e. The molecule has 1 aliphatic heterocycles. The molecular formula is C9H8Cl2O2S. The maximum atomic E-state index is 11.8. The third kappa shape index (κ3) is 1.96. The van der Waals surface area contributed by atoms with Crippen molar-refractivity contribution >= 4 is 40.3 Å². The molecule has 0 bridgehead atoms. The summed E-state index contributed by atoms with van der Waals surface area (Å²) < 4.78 is 6.28. The summed E-state index contributed by atoms with van der Waals surface area (Å²) in [7, 11) is 0. The first-order valence-electron chi connectivity index (χ1n) is 4.29. The fraction of sp³-hybridized carbons (Fsp3) is 0.444. The van der Waals surface area contributed by atoms with Gasteiger partial charge in [-0.25, -0.2) is 0 Å². The lowest BCUT2D eigenvalue weighted by atomic mass is 10.1. The van der Waals surface area contributed by atoms with E-state index in [1.54, 1.807) is 6.07 Å². The van der Waals surface area contributed by atoms with Crippen molar-refractivity contribution in [2.45, 2.75) is 18.9 Å². The van der Waals surface area contributed by atoms with E-state index in [-0.39, 0.29) is 11.9 Å². The fourth-order valence-corrected chi connectivity index (χ4v) is 2.94. The Labute approximate surface area is 95.8 Å². The summed E-state index contributed by atoms with van der Waals surface area (Å²) in [6, 6.07) is 1.61. The van der Waals surface area contributed by atoms with Gasteiger partial charge >= 0.3 is 0 Å². The van der Waals surface area contributed by atoms with Crippen molar-refractivity contribution in [3.05, 3.63) is 20.3 Å². The first-order chi connectivity index (χ1) is 6.68. The number of ether oxygens (including phenoxy) is 1. The summed E-state index contributed by atoms with van der Waals surface area (Å²) in [5.74, 6) is -0.0457. The predicted octanol–water partition coefficient (Wildman–Crippen LogP) is 3.42. The van der Waals surface area contributed by atoms with Gasteiger partial charge in [-0.3, -0.25) is 4.79 Å². The molecule has 0 aliphatic carbocycles. The summed E-state index contributed by atoms with van der Waals surface area (Å²) in [6.45, 7) is 0.659. The van der Waals surface area contributed by atoms with E-state index in [4.69, 9.17) is 27.9 Å². The molecule has 2 rings (SSSR count). The van der Waals surface area contributed by atoms with Gasteiger partial charge in [-0.2, -0.15) is 0 Å². The van der Waals surface area contributed by atoms with Crippen molar-refractivity contribution in [2.24, 2.45) is 0 Å². The van der Waals surface area contributed by atoms with E-state index in [2.05, 4.69) is 0 Å². The maximum Gasteiger partial charge on any atom is 0.193 e. The topological polar surface area (TPSA) is 26.3 Å². The number of Topliss-reactive ketones (excluding diaryl/α,β-unsaturated/α-hetero) is 1. The Morgan fingerprint density at radius 1 is 1.57 bits per heavy atom. The Kier molecular flexibility index (Phi) is 3.12. The molecule has 1 fully saturated rings. The van der Waals surface area contributed by atoms with Crippen LogP contribution < -0.4 is 0 Å². The number of carbonyl (C=O) groups excluding carboxylic acids is 1. The number of halogens is 2. The molecule has 1 aromatic heterocycles. The number of hydrogen-bond acceptors (Lipinski definition) is 3. The van der Waals surface area contributed by atoms with E-state index in [1.807, 2.05) is 0 Å². The number of rotatable bonds is 2. The Bertz CT molecular complexity index is 356. The van der Waals surface area contributed by atoms with Crippen LogP contribution in [0.3, 0.4) is 0 Å². The largest absolute Gasteiger partial charge is 0.370 e. The standard InChI is InChI=1S/C9H8Cl2O2S/c10-7-4-5(9(11)14-7)8(12)6-2-1-3-13-6/h4,6H,1-3H2.